The number of allylic oxidation sites excluding steroid dienone is 1. The van der Waals surface area contributed by atoms with Gasteiger partial charge < -0.3 is 10.1 Å². The number of aromatic hydroxyl groups is 1. The SMILES string of the molecule is N#CC(=Cc1ccc(O)c(Cl)c1)c1nc2ccccc2[nH]1. The molecule has 0 aliphatic rings. The van der Waals surface area contributed by atoms with E-state index in [9.17, 15) is 10.4 Å². The van der Waals surface area contributed by atoms with Crippen molar-refractivity contribution < 1.29 is 5.11 Å². The van der Waals surface area contributed by atoms with Crippen LogP contribution < -0.4 is 0 Å². The number of hydrogen-bond donors (Lipinski definition) is 2. The van der Waals surface area contributed by atoms with E-state index in [1.807, 2.05) is 24.3 Å². The van der Waals surface area contributed by atoms with Crippen LogP contribution in [0.3, 0.4) is 0 Å². The summed E-state index contributed by atoms with van der Waals surface area (Å²) in [5.74, 6) is 0.513. The van der Waals surface area contributed by atoms with E-state index in [1.165, 1.54) is 6.07 Å². The molecule has 0 radical (unpaired) electrons. The molecule has 21 heavy (non-hydrogen) atoms. The Hall–Kier alpha value is -2.77. The number of halogens is 1. The van der Waals surface area contributed by atoms with E-state index >= 15 is 0 Å². The lowest BCUT2D eigenvalue weighted by Crippen LogP contribution is -1.85. The highest BCUT2D eigenvalue weighted by Gasteiger charge is 2.08. The second kappa shape index (κ2) is 5.31. The summed E-state index contributed by atoms with van der Waals surface area (Å²) in [4.78, 5) is 7.50. The van der Waals surface area contributed by atoms with Crippen LogP contribution in [0.1, 0.15) is 11.4 Å². The molecule has 4 nitrogen and oxygen atoms in total. The number of imidazole rings is 1. The number of H-pyrrole nitrogens is 1. The third-order valence-corrected chi connectivity index (χ3v) is 3.35. The summed E-state index contributed by atoms with van der Waals surface area (Å²) in [5, 5.41) is 19.0. The zero-order valence-electron chi connectivity index (χ0n) is 10.8. The molecule has 102 valence electrons. The van der Waals surface area contributed by atoms with Crippen molar-refractivity contribution in [3.8, 4) is 11.8 Å². The van der Waals surface area contributed by atoms with Crippen LogP contribution in [0.4, 0.5) is 0 Å². The van der Waals surface area contributed by atoms with Crippen molar-refractivity contribution in [2.75, 3.05) is 0 Å². The van der Waals surface area contributed by atoms with Crippen LogP contribution in [-0.2, 0) is 0 Å². The minimum absolute atomic E-state index is 0.0102. The Morgan fingerprint density at radius 2 is 2.10 bits per heavy atom. The Labute approximate surface area is 125 Å². The van der Waals surface area contributed by atoms with Crippen LogP contribution in [0.25, 0.3) is 22.7 Å². The summed E-state index contributed by atoms with van der Waals surface area (Å²) in [7, 11) is 0. The van der Waals surface area contributed by atoms with Crippen LogP contribution in [0.5, 0.6) is 5.75 Å². The van der Waals surface area contributed by atoms with E-state index in [1.54, 1.807) is 18.2 Å². The first-order valence-corrected chi connectivity index (χ1v) is 6.60. The van der Waals surface area contributed by atoms with Crippen molar-refractivity contribution in [3.63, 3.8) is 0 Å². The maximum Gasteiger partial charge on any atom is 0.149 e. The van der Waals surface area contributed by atoms with E-state index in [0.29, 0.717) is 11.4 Å². The molecule has 0 atom stereocenters. The number of nitrogens with zero attached hydrogens (tertiary/aromatic N) is 2. The summed E-state index contributed by atoms with van der Waals surface area (Å²) in [6, 6.07) is 14.5. The minimum atomic E-state index is 0.0102. The maximum absolute atomic E-state index is 9.41. The zero-order chi connectivity index (χ0) is 14.8. The molecule has 1 heterocycles. The highest BCUT2D eigenvalue weighted by Crippen LogP contribution is 2.26. The summed E-state index contributed by atoms with van der Waals surface area (Å²) in [6.07, 6.45) is 1.67. The van der Waals surface area contributed by atoms with E-state index in [0.717, 1.165) is 16.6 Å². The van der Waals surface area contributed by atoms with Crippen LogP contribution in [0.2, 0.25) is 5.02 Å². The molecule has 0 amide bonds. The number of hydrogen-bond acceptors (Lipinski definition) is 3. The van der Waals surface area contributed by atoms with Gasteiger partial charge in [0.1, 0.15) is 17.6 Å². The third-order valence-electron chi connectivity index (χ3n) is 3.05. The summed E-state index contributed by atoms with van der Waals surface area (Å²) in [6.45, 7) is 0. The molecule has 2 N–H and O–H groups in total. The molecular formula is C16H10ClN3O. The fraction of sp³-hybridized carbons (Fsp3) is 0. The van der Waals surface area contributed by atoms with Crippen LogP contribution in [0, 0.1) is 11.3 Å². The monoisotopic (exact) mass is 295 g/mol. The number of benzene rings is 2. The van der Waals surface area contributed by atoms with E-state index in [-0.39, 0.29) is 10.8 Å². The Morgan fingerprint density at radius 3 is 2.81 bits per heavy atom. The van der Waals surface area contributed by atoms with Gasteiger partial charge in [-0.25, -0.2) is 4.98 Å². The lowest BCUT2D eigenvalue weighted by atomic mass is 10.1. The quantitative estimate of drug-likeness (QED) is 0.702. The van der Waals surface area contributed by atoms with Crippen LogP contribution >= 0.6 is 11.6 Å². The topological polar surface area (TPSA) is 72.7 Å². The number of aromatic amines is 1. The van der Waals surface area contributed by atoms with Gasteiger partial charge in [-0.05, 0) is 35.9 Å². The molecule has 0 fully saturated rings. The molecule has 0 saturated carbocycles. The molecule has 3 rings (SSSR count). The van der Waals surface area contributed by atoms with Crippen molar-refractivity contribution in [2.24, 2.45) is 0 Å². The third kappa shape index (κ3) is 2.60. The lowest BCUT2D eigenvalue weighted by molar-refractivity contribution is 0.475. The van der Waals surface area contributed by atoms with Gasteiger partial charge in [-0.2, -0.15) is 5.26 Å². The molecule has 3 aromatic rings. The van der Waals surface area contributed by atoms with Gasteiger partial charge in [-0.3, -0.25) is 0 Å². The van der Waals surface area contributed by atoms with Crippen molar-refractivity contribution in [3.05, 3.63) is 58.9 Å². The first-order valence-electron chi connectivity index (χ1n) is 6.23. The molecular weight excluding hydrogens is 286 g/mol. The standard InChI is InChI=1S/C16H10ClN3O/c17-12-8-10(5-6-15(12)21)7-11(9-18)16-19-13-3-1-2-4-14(13)20-16/h1-8,21H,(H,19,20). The van der Waals surface area contributed by atoms with Gasteiger partial charge in [0.25, 0.3) is 0 Å². The first-order chi connectivity index (χ1) is 10.2. The Morgan fingerprint density at radius 1 is 1.29 bits per heavy atom. The van der Waals surface area contributed by atoms with Crippen molar-refractivity contribution >= 4 is 34.3 Å². The van der Waals surface area contributed by atoms with E-state index in [2.05, 4.69) is 16.0 Å². The number of aromatic nitrogens is 2. The molecule has 0 bridgehead atoms. The second-order valence-corrected chi connectivity index (χ2v) is 4.89. The molecule has 5 heteroatoms. The number of para-hydroxylation sites is 2. The van der Waals surface area contributed by atoms with Crippen LogP contribution in [-0.4, -0.2) is 15.1 Å². The number of rotatable bonds is 2. The number of nitriles is 1. The second-order valence-electron chi connectivity index (χ2n) is 4.48. The fourth-order valence-corrected chi connectivity index (χ4v) is 2.20. The first kappa shape index (κ1) is 13.2. The molecule has 0 saturated heterocycles. The maximum atomic E-state index is 9.41. The number of nitrogens with one attached hydrogen (secondary N) is 1. The molecule has 0 aliphatic carbocycles. The summed E-state index contributed by atoms with van der Waals surface area (Å²) >= 11 is 5.87. The number of phenols is 1. The lowest BCUT2D eigenvalue weighted by Gasteiger charge is -1.99. The normalized spacial score (nSPS) is 11.5. The highest BCUT2D eigenvalue weighted by atomic mass is 35.5. The molecule has 0 spiro atoms. The number of phenolic OH excluding ortho intramolecular Hbond substituents is 1. The fourth-order valence-electron chi connectivity index (χ4n) is 2.01. The van der Waals surface area contributed by atoms with Gasteiger partial charge in [-0.1, -0.05) is 29.8 Å². The minimum Gasteiger partial charge on any atom is -0.506 e. The zero-order valence-corrected chi connectivity index (χ0v) is 11.6. The van der Waals surface area contributed by atoms with Crippen molar-refractivity contribution in [2.45, 2.75) is 0 Å². The average molecular weight is 296 g/mol. The summed E-state index contributed by atoms with van der Waals surface area (Å²) < 4.78 is 0. The van der Waals surface area contributed by atoms with E-state index < -0.39 is 0 Å². The Balaban J connectivity index is 2.06. The Kier molecular flexibility index (Phi) is 3.35. The molecule has 0 aliphatic heterocycles. The van der Waals surface area contributed by atoms with Gasteiger partial charge in [-0.15, -0.1) is 0 Å². The summed E-state index contributed by atoms with van der Waals surface area (Å²) in [5.41, 5.74) is 2.79. The smallest absolute Gasteiger partial charge is 0.149 e. The predicted octanol–water partition coefficient (Wildman–Crippen LogP) is 3.99. The predicted molar refractivity (Wildman–Crippen MR) is 82.7 cm³/mol. The van der Waals surface area contributed by atoms with Gasteiger partial charge in [0.05, 0.1) is 21.6 Å². The molecule has 2 aromatic carbocycles. The Bertz CT molecular complexity index is 857. The largest absolute Gasteiger partial charge is 0.506 e. The van der Waals surface area contributed by atoms with Crippen molar-refractivity contribution in [1.82, 2.24) is 9.97 Å². The molecule has 1 aromatic heterocycles. The number of fused-ring (bicyclic) bond motifs is 1. The average Bonchev–Trinajstić information content (AvgIpc) is 2.92. The van der Waals surface area contributed by atoms with Gasteiger partial charge in [0, 0.05) is 0 Å². The molecule has 0 unspecified atom stereocenters. The highest BCUT2D eigenvalue weighted by molar-refractivity contribution is 6.32. The van der Waals surface area contributed by atoms with Gasteiger partial charge >= 0.3 is 0 Å². The van der Waals surface area contributed by atoms with Gasteiger partial charge in [0.15, 0.2) is 0 Å². The van der Waals surface area contributed by atoms with Crippen molar-refractivity contribution in [1.29, 1.82) is 5.26 Å². The van der Waals surface area contributed by atoms with Gasteiger partial charge in [0.2, 0.25) is 0 Å². The van der Waals surface area contributed by atoms with E-state index in [4.69, 9.17) is 11.6 Å². The van der Waals surface area contributed by atoms with Crippen LogP contribution in [0.15, 0.2) is 42.5 Å².